The van der Waals surface area contributed by atoms with Crippen molar-refractivity contribution in [2.75, 3.05) is 20.0 Å². The molecule has 0 spiro atoms. The highest BCUT2D eigenvalue weighted by Gasteiger charge is 2.18. The van der Waals surface area contributed by atoms with Gasteiger partial charge in [-0.25, -0.2) is 13.2 Å². The highest BCUT2D eigenvalue weighted by molar-refractivity contribution is 7.89. The smallest absolute Gasteiger partial charge is 0.329 e. The zero-order chi connectivity index (χ0) is 14.5. The molecule has 0 saturated heterocycles. The SMILES string of the molecule is CONC1=C/C(=N\S(C)(=O)=O)C=CC1OCC(=O)O. The van der Waals surface area contributed by atoms with E-state index in [0.29, 0.717) is 5.70 Å². The van der Waals surface area contributed by atoms with Gasteiger partial charge in [0.05, 0.1) is 24.8 Å². The maximum absolute atomic E-state index is 11.0. The predicted octanol–water partition coefficient (Wildman–Crippen LogP) is -0.538. The van der Waals surface area contributed by atoms with Crippen molar-refractivity contribution in [2.24, 2.45) is 4.40 Å². The number of nitrogens with one attached hydrogen (secondary N) is 1. The first-order valence-corrected chi connectivity index (χ1v) is 6.99. The number of ether oxygens (including phenoxy) is 1. The second kappa shape index (κ2) is 6.45. The monoisotopic (exact) mass is 290 g/mol. The lowest BCUT2D eigenvalue weighted by Crippen LogP contribution is -2.29. The molecule has 0 aromatic rings. The maximum Gasteiger partial charge on any atom is 0.329 e. The molecule has 106 valence electrons. The molecule has 1 rings (SSSR count). The van der Waals surface area contributed by atoms with Crippen LogP contribution < -0.4 is 5.48 Å². The van der Waals surface area contributed by atoms with Gasteiger partial charge in [-0.2, -0.15) is 4.40 Å². The minimum atomic E-state index is -3.52. The molecule has 0 saturated carbocycles. The summed E-state index contributed by atoms with van der Waals surface area (Å²) in [6.07, 6.45) is 4.60. The molecule has 0 aliphatic heterocycles. The van der Waals surface area contributed by atoms with E-state index in [1.165, 1.54) is 25.3 Å². The van der Waals surface area contributed by atoms with Crippen molar-refractivity contribution >= 4 is 21.7 Å². The highest BCUT2D eigenvalue weighted by Crippen LogP contribution is 2.13. The summed E-state index contributed by atoms with van der Waals surface area (Å²) < 4.78 is 30.7. The topological polar surface area (TPSA) is 114 Å². The largest absolute Gasteiger partial charge is 0.480 e. The van der Waals surface area contributed by atoms with Crippen LogP contribution in [0.5, 0.6) is 0 Å². The normalized spacial score (nSPS) is 21.3. The minimum absolute atomic E-state index is 0.192. The Morgan fingerprint density at radius 2 is 2.26 bits per heavy atom. The Morgan fingerprint density at radius 1 is 1.58 bits per heavy atom. The van der Waals surface area contributed by atoms with Crippen molar-refractivity contribution in [2.45, 2.75) is 6.10 Å². The van der Waals surface area contributed by atoms with Crippen LogP contribution in [0.3, 0.4) is 0 Å². The summed E-state index contributed by atoms with van der Waals surface area (Å²) in [7, 11) is -2.15. The van der Waals surface area contributed by atoms with Crippen LogP contribution >= 0.6 is 0 Å². The van der Waals surface area contributed by atoms with Crippen molar-refractivity contribution < 1.29 is 27.9 Å². The predicted molar refractivity (Wildman–Crippen MR) is 67.0 cm³/mol. The van der Waals surface area contributed by atoms with Crippen LogP contribution in [0.25, 0.3) is 0 Å². The number of sulfonamides is 1. The third kappa shape index (κ3) is 5.64. The van der Waals surface area contributed by atoms with E-state index in [1.807, 2.05) is 0 Å². The number of hydrogen-bond donors (Lipinski definition) is 2. The van der Waals surface area contributed by atoms with Gasteiger partial charge in [-0.05, 0) is 18.2 Å². The molecule has 1 unspecified atom stereocenters. The van der Waals surface area contributed by atoms with E-state index in [9.17, 15) is 13.2 Å². The van der Waals surface area contributed by atoms with Crippen LogP contribution in [-0.4, -0.2) is 51.3 Å². The quantitative estimate of drug-likeness (QED) is 0.631. The lowest BCUT2D eigenvalue weighted by atomic mass is 10.1. The third-order valence-electron chi connectivity index (χ3n) is 1.93. The minimum Gasteiger partial charge on any atom is -0.480 e. The Morgan fingerprint density at radius 3 is 2.79 bits per heavy atom. The van der Waals surface area contributed by atoms with Crippen LogP contribution in [0, 0.1) is 0 Å². The van der Waals surface area contributed by atoms with E-state index in [1.54, 1.807) is 0 Å². The number of nitrogens with zero attached hydrogens (tertiary/aromatic N) is 1. The number of hydroxylamine groups is 1. The molecule has 0 radical (unpaired) electrons. The second-order valence-corrected chi connectivity index (χ2v) is 5.29. The first-order chi connectivity index (χ1) is 8.81. The average Bonchev–Trinajstić information content (AvgIpc) is 2.26. The third-order valence-corrected chi connectivity index (χ3v) is 2.47. The number of carboxylic acids is 1. The Balaban J connectivity index is 2.90. The molecular formula is C10H14N2O6S. The second-order valence-electron chi connectivity index (χ2n) is 3.64. The van der Waals surface area contributed by atoms with Crippen LogP contribution in [0.4, 0.5) is 0 Å². The van der Waals surface area contributed by atoms with Crippen molar-refractivity contribution in [3.05, 3.63) is 23.9 Å². The van der Waals surface area contributed by atoms with E-state index in [0.717, 1.165) is 6.26 Å². The molecule has 1 aliphatic rings. The molecule has 1 atom stereocenters. The Hall–Kier alpha value is -1.71. The molecule has 0 aromatic heterocycles. The van der Waals surface area contributed by atoms with Gasteiger partial charge in [0.15, 0.2) is 0 Å². The number of aliphatic carboxylic acids is 1. The van der Waals surface area contributed by atoms with Gasteiger partial charge in [-0.1, -0.05) is 0 Å². The van der Waals surface area contributed by atoms with Crippen LogP contribution in [0.2, 0.25) is 0 Å². The summed E-state index contributed by atoms with van der Waals surface area (Å²) in [6, 6.07) is 0. The number of allylic oxidation sites excluding steroid dienone is 2. The molecule has 0 heterocycles. The zero-order valence-electron chi connectivity index (χ0n) is 10.4. The molecule has 0 amide bonds. The van der Waals surface area contributed by atoms with E-state index in [4.69, 9.17) is 14.7 Å². The summed E-state index contributed by atoms with van der Waals surface area (Å²) in [4.78, 5) is 15.1. The van der Waals surface area contributed by atoms with Crippen LogP contribution in [0.15, 0.2) is 28.3 Å². The number of carboxylic acid groups (broad SMARTS) is 1. The molecule has 0 fully saturated rings. The fourth-order valence-electron chi connectivity index (χ4n) is 1.34. The fourth-order valence-corrected chi connectivity index (χ4v) is 1.84. The van der Waals surface area contributed by atoms with Crippen LogP contribution in [-0.2, 0) is 24.4 Å². The Labute approximate surface area is 110 Å². The fraction of sp³-hybridized carbons (Fsp3) is 0.400. The van der Waals surface area contributed by atoms with E-state index < -0.39 is 28.7 Å². The molecule has 9 heteroatoms. The molecule has 19 heavy (non-hydrogen) atoms. The number of hydrogen-bond acceptors (Lipinski definition) is 6. The summed E-state index contributed by atoms with van der Waals surface area (Å²) in [5.41, 5.74) is 3.04. The molecule has 0 bridgehead atoms. The molecule has 8 nitrogen and oxygen atoms in total. The van der Waals surface area contributed by atoms with Gasteiger partial charge in [-0.3, -0.25) is 10.3 Å². The summed E-state index contributed by atoms with van der Waals surface area (Å²) in [6.45, 7) is -0.490. The van der Waals surface area contributed by atoms with E-state index in [-0.39, 0.29) is 5.71 Å². The molecule has 2 N–H and O–H groups in total. The lowest BCUT2D eigenvalue weighted by molar-refractivity contribution is -0.143. The zero-order valence-corrected chi connectivity index (χ0v) is 11.2. The Bertz CT molecular complexity index is 534. The van der Waals surface area contributed by atoms with Crippen molar-refractivity contribution in [1.29, 1.82) is 0 Å². The average molecular weight is 290 g/mol. The first kappa shape index (κ1) is 15.3. The van der Waals surface area contributed by atoms with Crippen molar-refractivity contribution in [1.82, 2.24) is 5.48 Å². The van der Waals surface area contributed by atoms with E-state index in [2.05, 4.69) is 9.88 Å². The lowest BCUT2D eigenvalue weighted by Gasteiger charge is -2.20. The van der Waals surface area contributed by atoms with Gasteiger partial charge >= 0.3 is 5.97 Å². The van der Waals surface area contributed by atoms with Gasteiger partial charge in [0.2, 0.25) is 0 Å². The number of carbonyl (C=O) groups is 1. The van der Waals surface area contributed by atoms with E-state index >= 15 is 0 Å². The Kier molecular flexibility index (Phi) is 5.21. The first-order valence-electron chi connectivity index (χ1n) is 5.14. The van der Waals surface area contributed by atoms with Crippen molar-refractivity contribution in [3.63, 3.8) is 0 Å². The molecule has 0 aromatic carbocycles. The van der Waals surface area contributed by atoms with Gasteiger partial charge in [0, 0.05) is 0 Å². The molecule has 1 aliphatic carbocycles. The van der Waals surface area contributed by atoms with Crippen molar-refractivity contribution in [3.8, 4) is 0 Å². The van der Waals surface area contributed by atoms with Gasteiger partial charge < -0.3 is 9.84 Å². The standard InChI is InChI=1S/C10H14N2O6S/c1-17-11-8-5-7(12-19(2,15)16)3-4-9(8)18-6-10(13)14/h3-5,9,11H,6H2,1-2H3,(H,13,14)/b12-7-. The summed E-state index contributed by atoms with van der Waals surface area (Å²) in [5, 5.41) is 8.54. The number of rotatable bonds is 6. The maximum atomic E-state index is 11.0. The van der Waals surface area contributed by atoms with Gasteiger partial charge in [0.25, 0.3) is 10.0 Å². The summed E-state index contributed by atoms with van der Waals surface area (Å²) in [5.74, 6) is -1.11. The summed E-state index contributed by atoms with van der Waals surface area (Å²) >= 11 is 0. The van der Waals surface area contributed by atoms with Crippen LogP contribution in [0.1, 0.15) is 0 Å². The van der Waals surface area contributed by atoms with Gasteiger partial charge in [-0.15, -0.1) is 0 Å². The highest BCUT2D eigenvalue weighted by atomic mass is 32.2. The van der Waals surface area contributed by atoms with Gasteiger partial charge in [0.1, 0.15) is 12.7 Å². The molecular weight excluding hydrogens is 276 g/mol.